The summed E-state index contributed by atoms with van der Waals surface area (Å²) in [7, 11) is 0. The second-order valence-corrected chi connectivity index (χ2v) is 4.89. The van der Waals surface area contributed by atoms with Crippen molar-refractivity contribution in [2.24, 2.45) is 5.73 Å². The summed E-state index contributed by atoms with van der Waals surface area (Å²) in [6, 6.07) is 5.51. The highest BCUT2D eigenvalue weighted by molar-refractivity contribution is 6.31. The molecule has 5 heteroatoms. The summed E-state index contributed by atoms with van der Waals surface area (Å²) in [5.41, 5.74) is 7.30. The van der Waals surface area contributed by atoms with Crippen LogP contribution in [0.4, 0.5) is 10.5 Å². The summed E-state index contributed by atoms with van der Waals surface area (Å²) in [6.07, 6.45) is 1.14. The maximum absolute atomic E-state index is 12.0. The van der Waals surface area contributed by atoms with Gasteiger partial charge in [-0.05, 0) is 37.6 Å². The lowest BCUT2D eigenvalue weighted by Crippen LogP contribution is -2.43. The van der Waals surface area contributed by atoms with Crippen molar-refractivity contribution in [2.45, 2.75) is 25.9 Å². The molecule has 0 aliphatic carbocycles. The van der Waals surface area contributed by atoms with Crippen LogP contribution in [0.15, 0.2) is 18.2 Å². The van der Waals surface area contributed by atoms with E-state index in [2.05, 4.69) is 0 Å². The third kappa shape index (κ3) is 2.76. The van der Waals surface area contributed by atoms with Crippen LogP contribution in [-0.4, -0.2) is 25.3 Å². The van der Waals surface area contributed by atoms with Crippen LogP contribution in [0.25, 0.3) is 0 Å². The number of aryl methyl sites for hydroxylation is 1. The normalized spacial score (nSPS) is 19.8. The Hall–Kier alpha value is -1.26. The van der Waals surface area contributed by atoms with Crippen molar-refractivity contribution in [3.63, 3.8) is 0 Å². The van der Waals surface area contributed by atoms with E-state index in [1.807, 2.05) is 19.1 Å². The average Bonchev–Trinajstić information content (AvgIpc) is 2.33. The Labute approximate surface area is 112 Å². The summed E-state index contributed by atoms with van der Waals surface area (Å²) in [5.74, 6) is 0. The molecule has 2 N–H and O–H groups in total. The number of carbonyl (C=O) groups is 1. The number of ether oxygens (including phenoxy) is 1. The predicted octanol–water partition coefficient (Wildman–Crippen LogP) is 2.71. The van der Waals surface area contributed by atoms with Crippen molar-refractivity contribution in [2.75, 3.05) is 18.0 Å². The molecule has 1 aromatic rings. The molecule has 4 nitrogen and oxygen atoms in total. The SMILES string of the molecule is Cc1ccc(Cl)cc1N1CCC(CCN)OC1=O. The number of rotatable bonds is 3. The van der Waals surface area contributed by atoms with Crippen LogP contribution in [0.1, 0.15) is 18.4 Å². The van der Waals surface area contributed by atoms with Gasteiger partial charge in [-0.2, -0.15) is 0 Å². The van der Waals surface area contributed by atoms with E-state index in [1.165, 1.54) is 0 Å². The molecule has 2 rings (SSSR count). The molecule has 0 spiro atoms. The number of cyclic esters (lactones) is 1. The number of benzene rings is 1. The van der Waals surface area contributed by atoms with Crippen LogP contribution < -0.4 is 10.6 Å². The second kappa shape index (κ2) is 5.59. The molecular formula is C13H17ClN2O2. The molecule has 1 aliphatic heterocycles. The van der Waals surface area contributed by atoms with Gasteiger partial charge < -0.3 is 10.5 Å². The van der Waals surface area contributed by atoms with Gasteiger partial charge in [-0.25, -0.2) is 4.79 Å². The van der Waals surface area contributed by atoms with Crippen molar-refractivity contribution in [3.8, 4) is 0 Å². The van der Waals surface area contributed by atoms with Crippen LogP contribution in [0.3, 0.4) is 0 Å². The van der Waals surface area contributed by atoms with Crippen LogP contribution in [-0.2, 0) is 4.74 Å². The number of hydrogen-bond donors (Lipinski definition) is 1. The van der Waals surface area contributed by atoms with Gasteiger partial charge >= 0.3 is 6.09 Å². The lowest BCUT2D eigenvalue weighted by Gasteiger charge is -2.32. The molecule has 1 amide bonds. The van der Waals surface area contributed by atoms with Crippen LogP contribution in [0.5, 0.6) is 0 Å². The Bertz CT molecular complexity index is 451. The molecule has 1 heterocycles. The molecule has 0 radical (unpaired) electrons. The number of halogens is 1. The first-order chi connectivity index (χ1) is 8.61. The van der Waals surface area contributed by atoms with E-state index in [9.17, 15) is 4.79 Å². The minimum absolute atomic E-state index is 0.0572. The first-order valence-corrected chi connectivity index (χ1v) is 6.44. The summed E-state index contributed by atoms with van der Waals surface area (Å²) < 4.78 is 5.35. The fourth-order valence-corrected chi connectivity index (χ4v) is 2.28. The predicted molar refractivity (Wildman–Crippen MR) is 72.1 cm³/mol. The molecule has 1 atom stereocenters. The van der Waals surface area contributed by atoms with E-state index in [1.54, 1.807) is 11.0 Å². The maximum Gasteiger partial charge on any atom is 0.414 e. The Morgan fingerprint density at radius 2 is 2.33 bits per heavy atom. The molecular weight excluding hydrogens is 252 g/mol. The molecule has 1 fully saturated rings. The molecule has 18 heavy (non-hydrogen) atoms. The largest absolute Gasteiger partial charge is 0.446 e. The summed E-state index contributed by atoms with van der Waals surface area (Å²) in [6.45, 7) is 3.13. The fraction of sp³-hybridized carbons (Fsp3) is 0.462. The molecule has 98 valence electrons. The second-order valence-electron chi connectivity index (χ2n) is 4.45. The zero-order valence-electron chi connectivity index (χ0n) is 10.4. The molecule has 0 bridgehead atoms. The van der Waals surface area contributed by atoms with Gasteiger partial charge in [0.05, 0.1) is 5.69 Å². The summed E-state index contributed by atoms with van der Waals surface area (Å²) >= 11 is 5.97. The highest BCUT2D eigenvalue weighted by atomic mass is 35.5. The molecule has 1 saturated heterocycles. The van der Waals surface area contributed by atoms with Gasteiger partial charge in [0.25, 0.3) is 0 Å². The van der Waals surface area contributed by atoms with Crippen LogP contribution in [0, 0.1) is 6.92 Å². The van der Waals surface area contributed by atoms with E-state index in [4.69, 9.17) is 22.1 Å². The maximum atomic E-state index is 12.0. The topological polar surface area (TPSA) is 55.6 Å². The Balaban J connectivity index is 2.15. The van der Waals surface area contributed by atoms with Crippen LogP contribution >= 0.6 is 11.6 Å². The highest BCUT2D eigenvalue weighted by Crippen LogP contribution is 2.28. The molecule has 1 aromatic carbocycles. The quantitative estimate of drug-likeness (QED) is 0.917. The summed E-state index contributed by atoms with van der Waals surface area (Å²) in [4.78, 5) is 13.6. The van der Waals surface area contributed by atoms with Gasteiger partial charge in [0.1, 0.15) is 6.10 Å². The average molecular weight is 269 g/mol. The number of amides is 1. The number of nitrogens with zero attached hydrogens (tertiary/aromatic N) is 1. The molecule has 1 aliphatic rings. The smallest absolute Gasteiger partial charge is 0.414 e. The van der Waals surface area contributed by atoms with Gasteiger partial charge in [0.15, 0.2) is 0 Å². The third-order valence-electron chi connectivity index (χ3n) is 3.11. The first-order valence-electron chi connectivity index (χ1n) is 6.06. The van der Waals surface area contributed by atoms with Crippen LogP contribution in [0.2, 0.25) is 5.02 Å². The fourth-order valence-electron chi connectivity index (χ4n) is 2.11. The summed E-state index contributed by atoms with van der Waals surface area (Å²) in [5, 5.41) is 0.618. The minimum Gasteiger partial charge on any atom is -0.446 e. The van der Waals surface area contributed by atoms with Crippen molar-refractivity contribution in [1.29, 1.82) is 0 Å². The monoisotopic (exact) mass is 268 g/mol. The molecule has 1 unspecified atom stereocenters. The van der Waals surface area contributed by atoms with Gasteiger partial charge in [0.2, 0.25) is 0 Å². The van der Waals surface area contributed by atoms with E-state index in [0.717, 1.165) is 17.7 Å². The van der Waals surface area contributed by atoms with Crippen molar-refractivity contribution in [1.82, 2.24) is 0 Å². The minimum atomic E-state index is -0.315. The lowest BCUT2D eigenvalue weighted by atomic mass is 10.1. The van der Waals surface area contributed by atoms with E-state index >= 15 is 0 Å². The van der Waals surface area contributed by atoms with Crippen molar-refractivity contribution in [3.05, 3.63) is 28.8 Å². The highest BCUT2D eigenvalue weighted by Gasteiger charge is 2.28. The first kappa shape index (κ1) is 13.2. The lowest BCUT2D eigenvalue weighted by molar-refractivity contribution is 0.0806. The molecule has 0 aromatic heterocycles. The third-order valence-corrected chi connectivity index (χ3v) is 3.35. The Morgan fingerprint density at radius 3 is 3.00 bits per heavy atom. The number of carbonyl (C=O) groups excluding carboxylic acids is 1. The van der Waals surface area contributed by atoms with Gasteiger partial charge in [-0.3, -0.25) is 4.90 Å². The van der Waals surface area contributed by atoms with E-state index in [-0.39, 0.29) is 12.2 Å². The number of hydrogen-bond acceptors (Lipinski definition) is 3. The van der Waals surface area contributed by atoms with Crippen molar-refractivity contribution >= 4 is 23.4 Å². The van der Waals surface area contributed by atoms with E-state index in [0.29, 0.717) is 24.5 Å². The van der Waals surface area contributed by atoms with Gasteiger partial charge in [-0.1, -0.05) is 17.7 Å². The number of anilines is 1. The zero-order valence-corrected chi connectivity index (χ0v) is 11.1. The number of nitrogens with two attached hydrogens (primary N) is 1. The Morgan fingerprint density at radius 1 is 1.56 bits per heavy atom. The Kier molecular flexibility index (Phi) is 4.09. The van der Waals surface area contributed by atoms with Gasteiger partial charge in [0, 0.05) is 18.0 Å². The molecule has 0 saturated carbocycles. The zero-order chi connectivity index (χ0) is 13.1. The van der Waals surface area contributed by atoms with Crippen molar-refractivity contribution < 1.29 is 9.53 Å². The van der Waals surface area contributed by atoms with Gasteiger partial charge in [-0.15, -0.1) is 0 Å². The standard InChI is InChI=1S/C13H17ClN2O2/c1-9-2-3-10(14)8-12(9)16-7-5-11(4-6-15)18-13(16)17/h2-3,8,11H,4-7,15H2,1H3. The van der Waals surface area contributed by atoms with E-state index < -0.39 is 0 Å².